The average molecular weight is 296 g/mol. The van der Waals surface area contributed by atoms with Gasteiger partial charge in [0.05, 0.1) is 10.2 Å². The lowest BCUT2D eigenvalue weighted by molar-refractivity contribution is 0.297. The van der Waals surface area contributed by atoms with Crippen molar-refractivity contribution in [2.45, 2.75) is 13.5 Å². The van der Waals surface area contributed by atoms with Crippen LogP contribution in [0.1, 0.15) is 11.3 Å². The maximum atomic E-state index is 13.6. The number of halogens is 2. The number of ether oxygens (including phenoxy) is 1. The van der Waals surface area contributed by atoms with Gasteiger partial charge in [0.2, 0.25) is 0 Å². The molecule has 1 heterocycles. The number of aryl methyl sites for hydroxylation is 1. The minimum atomic E-state index is -0.288. The Morgan fingerprint density at radius 1 is 1.29 bits per heavy atom. The number of rotatable bonds is 3. The topological polar surface area (TPSA) is 22.1 Å². The fraction of sp³-hybridized carbons (Fsp3) is 0.154. The molecule has 0 atom stereocenters. The molecule has 0 unspecified atom stereocenters. The summed E-state index contributed by atoms with van der Waals surface area (Å²) in [4.78, 5) is 4.13. The van der Waals surface area contributed by atoms with Gasteiger partial charge in [-0.05, 0) is 46.6 Å². The third-order valence-corrected chi connectivity index (χ3v) is 3.08. The van der Waals surface area contributed by atoms with Crippen molar-refractivity contribution in [2.75, 3.05) is 0 Å². The summed E-state index contributed by atoms with van der Waals surface area (Å²) >= 11 is 3.18. The Balaban J connectivity index is 2.13. The van der Waals surface area contributed by atoms with Gasteiger partial charge in [-0.2, -0.15) is 0 Å². The predicted octanol–water partition coefficient (Wildman–Crippen LogP) is 3.87. The summed E-state index contributed by atoms with van der Waals surface area (Å²) in [5.74, 6) is 0.197. The van der Waals surface area contributed by atoms with E-state index in [2.05, 4.69) is 20.9 Å². The number of pyridine rings is 1. The molecule has 0 amide bonds. The molecule has 2 aromatic rings. The predicted molar refractivity (Wildman–Crippen MR) is 67.4 cm³/mol. The van der Waals surface area contributed by atoms with Gasteiger partial charge in [-0.25, -0.2) is 4.39 Å². The Kier molecular flexibility index (Phi) is 3.74. The van der Waals surface area contributed by atoms with Gasteiger partial charge in [0, 0.05) is 6.20 Å². The maximum Gasteiger partial charge on any atom is 0.144 e. The highest BCUT2D eigenvalue weighted by Crippen LogP contribution is 2.30. The molecule has 2 nitrogen and oxygen atoms in total. The van der Waals surface area contributed by atoms with Gasteiger partial charge in [0.15, 0.2) is 0 Å². The normalized spacial score (nSPS) is 10.3. The second-order valence-electron chi connectivity index (χ2n) is 3.62. The molecule has 0 saturated carbocycles. The molecule has 0 saturated heterocycles. The third-order valence-electron chi connectivity index (χ3n) is 2.34. The van der Waals surface area contributed by atoms with Crippen LogP contribution in [0, 0.1) is 12.7 Å². The largest absolute Gasteiger partial charge is 0.486 e. The van der Waals surface area contributed by atoms with E-state index < -0.39 is 0 Å². The van der Waals surface area contributed by atoms with E-state index in [9.17, 15) is 4.39 Å². The second kappa shape index (κ2) is 5.27. The highest BCUT2D eigenvalue weighted by Gasteiger charge is 2.09. The van der Waals surface area contributed by atoms with Crippen LogP contribution in [0.25, 0.3) is 0 Å². The molecule has 1 aromatic carbocycles. The van der Waals surface area contributed by atoms with Gasteiger partial charge in [-0.1, -0.05) is 12.1 Å². The fourth-order valence-corrected chi connectivity index (χ4v) is 1.93. The SMILES string of the molecule is Cc1ccc(OCc2ccccn2)c(Br)c1F. The van der Waals surface area contributed by atoms with Crippen LogP contribution in [-0.4, -0.2) is 4.98 Å². The van der Waals surface area contributed by atoms with Crippen molar-refractivity contribution in [2.24, 2.45) is 0 Å². The minimum absolute atomic E-state index is 0.288. The van der Waals surface area contributed by atoms with Crippen molar-refractivity contribution in [3.05, 3.63) is 58.1 Å². The van der Waals surface area contributed by atoms with Crippen molar-refractivity contribution in [3.63, 3.8) is 0 Å². The van der Waals surface area contributed by atoms with Crippen molar-refractivity contribution in [1.29, 1.82) is 0 Å². The van der Waals surface area contributed by atoms with Crippen molar-refractivity contribution in [3.8, 4) is 5.75 Å². The van der Waals surface area contributed by atoms with Gasteiger partial charge in [0.25, 0.3) is 0 Å². The van der Waals surface area contributed by atoms with E-state index >= 15 is 0 Å². The molecular weight excluding hydrogens is 285 g/mol. The lowest BCUT2D eigenvalue weighted by Gasteiger charge is -2.09. The van der Waals surface area contributed by atoms with Crippen molar-refractivity contribution >= 4 is 15.9 Å². The van der Waals surface area contributed by atoms with Crippen LogP contribution in [-0.2, 0) is 6.61 Å². The first-order valence-electron chi connectivity index (χ1n) is 5.16. The Bertz CT molecular complexity index is 516. The molecule has 1 aromatic heterocycles. The van der Waals surface area contributed by atoms with Gasteiger partial charge in [-0.3, -0.25) is 4.98 Å². The Morgan fingerprint density at radius 2 is 2.12 bits per heavy atom. The lowest BCUT2D eigenvalue weighted by atomic mass is 10.2. The number of benzene rings is 1. The highest BCUT2D eigenvalue weighted by atomic mass is 79.9. The van der Waals surface area contributed by atoms with Crippen LogP contribution >= 0.6 is 15.9 Å². The molecule has 17 heavy (non-hydrogen) atoms. The van der Waals surface area contributed by atoms with E-state index in [1.165, 1.54) is 0 Å². The molecule has 0 radical (unpaired) electrons. The van der Waals surface area contributed by atoms with E-state index in [4.69, 9.17) is 4.74 Å². The molecule has 0 aliphatic heterocycles. The maximum absolute atomic E-state index is 13.6. The number of hydrogen-bond acceptors (Lipinski definition) is 2. The lowest BCUT2D eigenvalue weighted by Crippen LogP contribution is -1.99. The smallest absolute Gasteiger partial charge is 0.144 e. The van der Waals surface area contributed by atoms with Crippen LogP contribution < -0.4 is 4.74 Å². The summed E-state index contributed by atoms with van der Waals surface area (Å²) in [5, 5.41) is 0. The van der Waals surface area contributed by atoms with Gasteiger partial charge < -0.3 is 4.74 Å². The summed E-state index contributed by atoms with van der Waals surface area (Å²) < 4.78 is 19.4. The van der Waals surface area contributed by atoms with Gasteiger partial charge in [-0.15, -0.1) is 0 Å². The summed E-state index contributed by atoms with van der Waals surface area (Å²) in [7, 11) is 0. The molecule has 2 rings (SSSR count). The van der Waals surface area contributed by atoms with Gasteiger partial charge >= 0.3 is 0 Å². The summed E-state index contributed by atoms with van der Waals surface area (Å²) in [5.41, 5.74) is 1.39. The monoisotopic (exact) mass is 295 g/mol. The second-order valence-corrected chi connectivity index (χ2v) is 4.41. The Morgan fingerprint density at radius 3 is 2.82 bits per heavy atom. The fourth-order valence-electron chi connectivity index (χ4n) is 1.37. The summed E-state index contributed by atoms with van der Waals surface area (Å²) in [6, 6.07) is 9.01. The molecular formula is C13H11BrFNO. The highest BCUT2D eigenvalue weighted by molar-refractivity contribution is 9.10. The van der Waals surface area contributed by atoms with Crippen molar-refractivity contribution < 1.29 is 9.13 Å². The van der Waals surface area contributed by atoms with Crippen LogP contribution in [0.5, 0.6) is 5.75 Å². The van der Waals surface area contributed by atoms with E-state index in [0.717, 1.165) is 5.69 Å². The van der Waals surface area contributed by atoms with E-state index in [-0.39, 0.29) is 5.82 Å². The first-order chi connectivity index (χ1) is 8.18. The standard InChI is InChI=1S/C13H11BrFNO/c1-9-5-6-11(12(14)13(9)15)17-8-10-4-2-3-7-16-10/h2-7H,8H2,1H3. The zero-order valence-electron chi connectivity index (χ0n) is 9.28. The third kappa shape index (κ3) is 2.82. The number of hydrogen-bond donors (Lipinski definition) is 0. The van der Waals surface area contributed by atoms with E-state index in [1.807, 2.05) is 18.2 Å². The molecule has 0 aliphatic carbocycles. The molecule has 88 valence electrons. The van der Waals surface area contributed by atoms with Gasteiger partial charge in [0.1, 0.15) is 18.2 Å². The zero-order chi connectivity index (χ0) is 12.3. The summed E-state index contributed by atoms with van der Waals surface area (Å²) in [6.07, 6.45) is 1.70. The van der Waals surface area contributed by atoms with E-state index in [1.54, 1.807) is 25.3 Å². The first-order valence-corrected chi connectivity index (χ1v) is 5.95. The van der Waals surface area contributed by atoms with Crippen LogP contribution in [0.3, 0.4) is 0 Å². The first kappa shape index (κ1) is 12.0. The van der Waals surface area contributed by atoms with Crippen LogP contribution in [0.4, 0.5) is 4.39 Å². The number of aromatic nitrogens is 1. The molecule has 4 heteroatoms. The van der Waals surface area contributed by atoms with E-state index in [0.29, 0.717) is 22.4 Å². The Labute approximate surface area is 108 Å². The molecule has 0 fully saturated rings. The van der Waals surface area contributed by atoms with Crippen LogP contribution in [0.15, 0.2) is 41.0 Å². The minimum Gasteiger partial charge on any atom is -0.486 e. The Hall–Kier alpha value is -1.42. The van der Waals surface area contributed by atoms with Crippen molar-refractivity contribution in [1.82, 2.24) is 4.98 Å². The molecule has 0 aliphatic rings. The quantitative estimate of drug-likeness (QED) is 0.857. The average Bonchev–Trinajstić information content (AvgIpc) is 2.36. The molecule has 0 spiro atoms. The number of nitrogens with zero attached hydrogens (tertiary/aromatic N) is 1. The molecule has 0 N–H and O–H groups in total. The summed E-state index contributed by atoms with van der Waals surface area (Å²) in [6.45, 7) is 2.03. The molecule has 0 bridgehead atoms. The zero-order valence-corrected chi connectivity index (χ0v) is 10.9. The van der Waals surface area contributed by atoms with Crippen LogP contribution in [0.2, 0.25) is 0 Å².